The summed E-state index contributed by atoms with van der Waals surface area (Å²) in [6.45, 7) is 2.64. The molecule has 12 heteroatoms. The van der Waals surface area contributed by atoms with Crippen molar-refractivity contribution in [1.29, 1.82) is 0 Å². The molecule has 0 aliphatic heterocycles. The maximum Gasteiger partial charge on any atom is 0.252 e. The highest BCUT2D eigenvalue weighted by Crippen LogP contribution is 2.20. The van der Waals surface area contributed by atoms with E-state index in [0.29, 0.717) is 33.0 Å². The minimum absolute atomic E-state index is 0.0252. The normalized spacial score (nSPS) is 11.1. The van der Waals surface area contributed by atoms with Crippen molar-refractivity contribution in [3.63, 3.8) is 0 Å². The van der Waals surface area contributed by atoms with E-state index in [1.165, 1.54) is 18.2 Å². The molecule has 1 rings (SSSR count). The van der Waals surface area contributed by atoms with E-state index in [1.54, 1.807) is 0 Å². The Morgan fingerprint density at radius 3 is 2.36 bits per heavy atom. The van der Waals surface area contributed by atoms with Crippen molar-refractivity contribution >= 4 is 27.3 Å². The number of sulfone groups is 1. The zero-order valence-electron chi connectivity index (χ0n) is 15.5. The quantitative estimate of drug-likeness (QED) is 0.205. The zero-order chi connectivity index (χ0) is 20.8. The fraction of sp³-hybridized carbons (Fsp3) is 0.562. The lowest BCUT2D eigenvalue weighted by Gasteiger charge is -2.09. The van der Waals surface area contributed by atoms with Crippen LogP contribution in [0.2, 0.25) is 5.02 Å². The number of azide groups is 1. The van der Waals surface area contributed by atoms with Crippen molar-refractivity contribution in [3.8, 4) is 0 Å². The van der Waals surface area contributed by atoms with Gasteiger partial charge in [-0.25, -0.2) is 8.42 Å². The highest BCUT2D eigenvalue weighted by molar-refractivity contribution is 7.90. The number of benzene rings is 1. The molecule has 0 aromatic heterocycles. The maximum atomic E-state index is 12.1. The largest absolute Gasteiger partial charge is 0.379 e. The molecule has 0 saturated heterocycles. The molecule has 28 heavy (non-hydrogen) atoms. The Bertz CT molecular complexity index is 783. The number of halogens is 1. The van der Waals surface area contributed by atoms with Crippen LogP contribution < -0.4 is 5.32 Å². The molecule has 1 aromatic carbocycles. The third kappa shape index (κ3) is 9.88. The Hall–Kier alpha value is -1.88. The summed E-state index contributed by atoms with van der Waals surface area (Å²) in [5, 5.41) is 6.11. The number of ether oxygens (including phenoxy) is 3. The standard InChI is InChI=1S/C16H23ClN4O6S/c1-28(23,24)13-2-3-15(17)14(12-13)16(22)19-4-6-25-8-10-27-11-9-26-7-5-20-21-18/h2-3,12H,4-11H2,1H3,(H,19,22). The van der Waals surface area contributed by atoms with Gasteiger partial charge < -0.3 is 19.5 Å². The van der Waals surface area contributed by atoms with Crippen LogP contribution in [0.5, 0.6) is 0 Å². The monoisotopic (exact) mass is 434 g/mol. The van der Waals surface area contributed by atoms with Crippen LogP contribution >= 0.6 is 11.6 Å². The summed E-state index contributed by atoms with van der Waals surface area (Å²) < 4.78 is 38.9. The van der Waals surface area contributed by atoms with Gasteiger partial charge in [0.1, 0.15) is 0 Å². The van der Waals surface area contributed by atoms with Crippen LogP contribution in [0.4, 0.5) is 0 Å². The molecule has 0 saturated carbocycles. The van der Waals surface area contributed by atoms with Gasteiger partial charge in [0.05, 0.1) is 55.1 Å². The van der Waals surface area contributed by atoms with Gasteiger partial charge in [-0.3, -0.25) is 4.79 Å². The Labute approximate surface area is 168 Å². The number of nitrogens with one attached hydrogen (secondary N) is 1. The second kappa shape index (κ2) is 13.3. The topological polar surface area (TPSA) is 140 Å². The summed E-state index contributed by atoms with van der Waals surface area (Å²) in [5.41, 5.74) is 8.17. The molecule has 0 aliphatic carbocycles. The van der Waals surface area contributed by atoms with Crippen LogP contribution in [0, 0.1) is 0 Å². The average molecular weight is 435 g/mol. The third-order valence-electron chi connectivity index (χ3n) is 3.29. The lowest BCUT2D eigenvalue weighted by Crippen LogP contribution is -2.28. The van der Waals surface area contributed by atoms with E-state index in [0.717, 1.165) is 6.26 Å². The van der Waals surface area contributed by atoms with E-state index in [2.05, 4.69) is 15.3 Å². The van der Waals surface area contributed by atoms with Crippen LogP contribution in [0.3, 0.4) is 0 Å². The molecule has 0 fully saturated rings. The smallest absolute Gasteiger partial charge is 0.252 e. The van der Waals surface area contributed by atoms with E-state index in [-0.39, 0.29) is 35.2 Å². The first-order valence-corrected chi connectivity index (χ1v) is 10.6. The SMILES string of the molecule is CS(=O)(=O)c1ccc(Cl)c(C(=O)NCCOCCOCCOCCN=[N+]=[N-])c1. The highest BCUT2D eigenvalue weighted by atomic mass is 35.5. The first kappa shape index (κ1) is 24.2. The van der Waals surface area contributed by atoms with Crippen molar-refractivity contribution in [1.82, 2.24) is 5.32 Å². The Morgan fingerprint density at radius 1 is 1.14 bits per heavy atom. The van der Waals surface area contributed by atoms with E-state index < -0.39 is 15.7 Å². The predicted octanol–water partition coefficient (Wildman–Crippen LogP) is 1.83. The van der Waals surface area contributed by atoms with Crippen LogP contribution in [0.15, 0.2) is 28.2 Å². The van der Waals surface area contributed by atoms with Crippen molar-refractivity contribution in [2.24, 2.45) is 5.11 Å². The molecule has 0 bridgehead atoms. The number of amides is 1. The van der Waals surface area contributed by atoms with Gasteiger partial charge in [0, 0.05) is 24.3 Å². The predicted molar refractivity (Wildman–Crippen MR) is 103 cm³/mol. The molecule has 10 nitrogen and oxygen atoms in total. The number of carbonyl (C=O) groups excluding carboxylic acids is 1. The molecule has 1 N–H and O–H groups in total. The minimum atomic E-state index is -3.43. The van der Waals surface area contributed by atoms with Gasteiger partial charge in [0.25, 0.3) is 5.91 Å². The number of hydrogen-bond acceptors (Lipinski definition) is 7. The number of rotatable bonds is 14. The number of hydrogen-bond donors (Lipinski definition) is 1. The molecule has 1 aromatic rings. The van der Waals surface area contributed by atoms with Crippen LogP contribution in [-0.2, 0) is 24.0 Å². The van der Waals surface area contributed by atoms with E-state index >= 15 is 0 Å². The van der Waals surface area contributed by atoms with Gasteiger partial charge in [-0.1, -0.05) is 16.7 Å². The molecular weight excluding hydrogens is 412 g/mol. The second-order valence-corrected chi connectivity index (χ2v) is 7.88. The fourth-order valence-corrected chi connectivity index (χ4v) is 2.78. The lowest BCUT2D eigenvalue weighted by molar-refractivity contribution is 0.0166. The van der Waals surface area contributed by atoms with Crippen molar-refractivity contribution in [2.45, 2.75) is 4.90 Å². The van der Waals surface area contributed by atoms with Crippen molar-refractivity contribution in [2.75, 3.05) is 59.0 Å². The summed E-state index contributed by atoms with van der Waals surface area (Å²) in [6.07, 6.45) is 1.06. The van der Waals surface area contributed by atoms with Crippen LogP contribution in [0.25, 0.3) is 10.4 Å². The van der Waals surface area contributed by atoms with Gasteiger partial charge in [0.2, 0.25) is 0 Å². The van der Waals surface area contributed by atoms with Crippen molar-refractivity contribution < 1.29 is 27.4 Å². The van der Waals surface area contributed by atoms with Crippen LogP contribution in [0.1, 0.15) is 10.4 Å². The molecule has 0 spiro atoms. The Balaban J connectivity index is 2.15. The van der Waals surface area contributed by atoms with Gasteiger partial charge >= 0.3 is 0 Å². The Morgan fingerprint density at radius 2 is 1.75 bits per heavy atom. The fourth-order valence-electron chi connectivity index (χ4n) is 1.93. The summed E-state index contributed by atoms with van der Waals surface area (Å²) in [4.78, 5) is 14.8. The second-order valence-electron chi connectivity index (χ2n) is 5.46. The van der Waals surface area contributed by atoms with E-state index in [9.17, 15) is 13.2 Å². The minimum Gasteiger partial charge on any atom is -0.379 e. The molecule has 0 radical (unpaired) electrons. The summed E-state index contributed by atoms with van der Waals surface area (Å²) >= 11 is 5.96. The van der Waals surface area contributed by atoms with Crippen molar-refractivity contribution in [3.05, 3.63) is 39.2 Å². The number of nitrogens with zero attached hydrogens (tertiary/aromatic N) is 3. The number of carbonyl (C=O) groups is 1. The first-order chi connectivity index (χ1) is 13.4. The molecular formula is C16H23ClN4O6S. The molecule has 0 atom stereocenters. The van der Waals surface area contributed by atoms with Gasteiger partial charge in [-0.05, 0) is 23.7 Å². The van der Waals surface area contributed by atoms with Gasteiger partial charge in [-0.2, -0.15) is 0 Å². The highest BCUT2D eigenvalue weighted by Gasteiger charge is 2.15. The Kier molecular flexibility index (Phi) is 11.5. The summed E-state index contributed by atoms with van der Waals surface area (Å²) in [7, 11) is -3.43. The van der Waals surface area contributed by atoms with E-state index in [1.807, 2.05) is 0 Å². The summed E-state index contributed by atoms with van der Waals surface area (Å²) in [5.74, 6) is -0.478. The lowest BCUT2D eigenvalue weighted by atomic mass is 10.2. The average Bonchev–Trinajstić information content (AvgIpc) is 2.64. The summed E-state index contributed by atoms with van der Waals surface area (Å²) in [6, 6.07) is 3.97. The van der Waals surface area contributed by atoms with Gasteiger partial charge in [0.15, 0.2) is 9.84 Å². The molecule has 1 amide bonds. The first-order valence-electron chi connectivity index (χ1n) is 8.38. The van der Waals surface area contributed by atoms with E-state index in [4.69, 9.17) is 31.3 Å². The molecule has 0 aliphatic rings. The van der Waals surface area contributed by atoms with Crippen LogP contribution in [-0.4, -0.2) is 73.3 Å². The third-order valence-corrected chi connectivity index (χ3v) is 4.73. The van der Waals surface area contributed by atoms with Gasteiger partial charge in [-0.15, -0.1) is 0 Å². The molecule has 0 unspecified atom stereocenters. The molecule has 156 valence electrons. The maximum absolute atomic E-state index is 12.1. The molecule has 0 heterocycles. The zero-order valence-corrected chi connectivity index (χ0v) is 17.0.